The van der Waals surface area contributed by atoms with Crippen molar-refractivity contribution in [3.63, 3.8) is 0 Å². The van der Waals surface area contributed by atoms with Crippen molar-refractivity contribution in [2.45, 2.75) is 6.92 Å². The fraction of sp³-hybridized carbons (Fsp3) is 0.125. The third-order valence-electron chi connectivity index (χ3n) is 2.75. The lowest BCUT2D eigenvalue weighted by Crippen LogP contribution is -2.14. The summed E-state index contributed by atoms with van der Waals surface area (Å²) in [6, 6.07) is 16.4. The van der Waals surface area contributed by atoms with Gasteiger partial charge in [0.1, 0.15) is 0 Å². The highest BCUT2D eigenvalue weighted by molar-refractivity contribution is 5.99. The summed E-state index contributed by atoms with van der Waals surface area (Å²) in [4.78, 5) is 22.9. The Bertz CT molecular complexity index is 592. The van der Waals surface area contributed by atoms with Gasteiger partial charge in [-0.2, -0.15) is 0 Å². The van der Waals surface area contributed by atoms with E-state index in [9.17, 15) is 9.59 Å². The predicted molar refractivity (Wildman–Crippen MR) is 80.0 cm³/mol. The van der Waals surface area contributed by atoms with Crippen molar-refractivity contribution in [2.75, 3.05) is 17.2 Å². The van der Waals surface area contributed by atoms with E-state index < -0.39 is 0 Å². The van der Waals surface area contributed by atoms with Crippen LogP contribution >= 0.6 is 0 Å². The van der Waals surface area contributed by atoms with Crippen LogP contribution in [-0.4, -0.2) is 18.2 Å². The van der Waals surface area contributed by atoms with Crippen LogP contribution in [0.15, 0.2) is 54.6 Å². The van der Waals surface area contributed by atoms with Gasteiger partial charge in [0.15, 0.2) is 5.78 Å². The largest absolute Gasteiger partial charge is 0.378 e. The number of Topliss-reactive ketones (excluding diaryl/α,β-unsaturated/α-hetero) is 1. The molecular weight excluding hydrogens is 252 g/mol. The summed E-state index contributed by atoms with van der Waals surface area (Å²) in [5.74, 6) is -0.127. The van der Waals surface area contributed by atoms with E-state index in [1.54, 1.807) is 24.3 Å². The van der Waals surface area contributed by atoms with E-state index >= 15 is 0 Å². The van der Waals surface area contributed by atoms with Gasteiger partial charge < -0.3 is 10.6 Å². The molecule has 2 aromatic rings. The zero-order valence-corrected chi connectivity index (χ0v) is 11.2. The molecule has 0 heterocycles. The highest BCUT2D eigenvalue weighted by Crippen LogP contribution is 2.11. The molecule has 0 aliphatic carbocycles. The van der Waals surface area contributed by atoms with Gasteiger partial charge in [-0.15, -0.1) is 0 Å². The first kappa shape index (κ1) is 13.8. The highest BCUT2D eigenvalue weighted by Gasteiger charge is 2.05. The van der Waals surface area contributed by atoms with Crippen LogP contribution in [0.3, 0.4) is 0 Å². The molecule has 102 valence electrons. The molecule has 2 N–H and O–H groups in total. The van der Waals surface area contributed by atoms with Crippen molar-refractivity contribution < 1.29 is 9.59 Å². The van der Waals surface area contributed by atoms with E-state index in [4.69, 9.17) is 0 Å². The molecule has 0 saturated carbocycles. The van der Waals surface area contributed by atoms with E-state index in [2.05, 4.69) is 10.6 Å². The van der Waals surface area contributed by atoms with E-state index in [0.717, 1.165) is 5.69 Å². The molecule has 0 saturated heterocycles. The molecule has 0 spiro atoms. The normalized spacial score (nSPS) is 9.85. The second-order valence-electron chi connectivity index (χ2n) is 4.40. The van der Waals surface area contributed by atoms with E-state index in [-0.39, 0.29) is 18.2 Å². The Morgan fingerprint density at radius 3 is 2.15 bits per heavy atom. The van der Waals surface area contributed by atoms with Gasteiger partial charge in [-0.25, -0.2) is 0 Å². The monoisotopic (exact) mass is 268 g/mol. The molecule has 0 aliphatic heterocycles. The van der Waals surface area contributed by atoms with Crippen molar-refractivity contribution in [1.29, 1.82) is 0 Å². The molecule has 0 radical (unpaired) electrons. The summed E-state index contributed by atoms with van der Waals surface area (Å²) in [5, 5.41) is 5.73. The lowest BCUT2D eigenvalue weighted by atomic mass is 10.1. The first-order valence-corrected chi connectivity index (χ1v) is 6.35. The molecule has 0 bridgehead atoms. The van der Waals surface area contributed by atoms with Crippen LogP contribution in [0.1, 0.15) is 17.3 Å². The second kappa shape index (κ2) is 6.52. The van der Waals surface area contributed by atoms with Gasteiger partial charge in [-0.05, 0) is 36.4 Å². The molecule has 20 heavy (non-hydrogen) atoms. The van der Waals surface area contributed by atoms with Crippen molar-refractivity contribution in [3.8, 4) is 0 Å². The number of rotatable bonds is 5. The average Bonchev–Trinajstić information content (AvgIpc) is 2.46. The number of benzene rings is 2. The van der Waals surface area contributed by atoms with E-state index in [1.807, 2.05) is 30.3 Å². The molecule has 4 heteroatoms. The Hall–Kier alpha value is -2.62. The Morgan fingerprint density at radius 1 is 0.900 bits per heavy atom. The maximum atomic E-state index is 12.0. The van der Waals surface area contributed by atoms with E-state index in [0.29, 0.717) is 11.3 Å². The van der Waals surface area contributed by atoms with Crippen molar-refractivity contribution >= 4 is 23.1 Å². The molecule has 0 unspecified atom stereocenters. The quantitative estimate of drug-likeness (QED) is 0.820. The molecular formula is C16H16N2O2. The first-order chi connectivity index (χ1) is 9.65. The number of para-hydroxylation sites is 1. The summed E-state index contributed by atoms with van der Waals surface area (Å²) in [6.45, 7) is 1.69. The second-order valence-corrected chi connectivity index (χ2v) is 4.40. The fourth-order valence-electron chi connectivity index (χ4n) is 1.78. The zero-order chi connectivity index (χ0) is 14.4. The number of anilines is 2. The fourth-order valence-corrected chi connectivity index (χ4v) is 1.78. The van der Waals surface area contributed by atoms with Crippen LogP contribution in [0.5, 0.6) is 0 Å². The summed E-state index contributed by atoms with van der Waals surface area (Å²) < 4.78 is 0. The Morgan fingerprint density at radius 2 is 1.55 bits per heavy atom. The minimum atomic E-state index is -0.130. The van der Waals surface area contributed by atoms with Crippen molar-refractivity contribution in [2.24, 2.45) is 0 Å². The maximum Gasteiger partial charge on any atom is 0.221 e. The minimum Gasteiger partial charge on any atom is -0.378 e. The molecule has 0 fully saturated rings. The third kappa shape index (κ3) is 3.95. The summed E-state index contributed by atoms with van der Waals surface area (Å²) in [5.41, 5.74) is 2.21. The summed E-state index contributed by atoms with van der Waals surface area (Å²) in [6.07, 6.45) is 0. The smallest absolute Gasteiger partial charge is 0.221 e. The lowest BCUT2D eigenvalue weighted by molar-refractivity contribution is -0.114. The molecule has 2 rings (SSSR count). The summed E-state index contributed by atoms with van der Waals surface area (Å²) >= 11 is 0. The van der Waals surface area contributed by atoms with Crippen LogP contribution in [0.2, 0.25) is 0 Å². The topological polar surface area (TPSA) is 58.2 Å². The Kier molecular flexibility index (Phi) is 4.50. The number of carbonyl (C=O) groups excluding carboxylic acids is 2. The van der Waals surface area contributed by atoms with Crippen LogP contribution in [0, 0.1) is 0 Å². The number of amides is 1. The summed E-state index contributed by atoms with van der Waals surface area (Å²) in [7, 11) is 0. The van der Waals surface area contributed by atoms with E-state index in [1.165, 1.54) is 6.92 Å². The maximum absolute atomic E-state index is 12.0. The van der Waals surface area contributed by atoms with Crippen LogP contribution in [-0.2, 0) is 4.79 Å². The van der Waals surface area contributed by atoms with Crippen molar-refractivity contribution in [1.82, 2.24) is 0 Å². The predicted octanol–water partition coefficient (Wildman–Crippen LogP) is 2.94. The standard InChI is InChI=1S/C16H16N2O2/c1-12(19)18-15-9-7-13(8-10-15)16(20)11-17-14-5-3-2-4-6-14/h2-10,17H,11H2,1H3,(H,18,19). The molecule has 2 aromatic carbocycles. The first-order valence-electron chi connectivity index (χ1n) is 6.35. The van der Waals surface area contributed by atoms with Gasteiger partial charge >= 0.3 is 0 Å². The number of nitrogens with one attached hydrogen (secondary N) is 2. The average molecular weight is 268 g/mol. The SMILES string of the molecule is CC(=O)Nc1ccc(C(=O)CNc2ccccc2)cc1. The number of carbonyl (C=O) groups is 2. The van der Waals surface area contributed by atoms with Crippen LogP contribution in [0.4, 0.5) is 11.4 Å². The minimum absolute atomic E-state index is 0.00299. The van der Waals surface area contributed by atoms with Gasteiger partial charge in [0.05, 0.1) is 6.54 Å². The van der Waals surface area contributed by atoms with Gasteiger partial charge in [0.2, 0.25) is 5.91 Å². The van der Waals surface area contributed by atoms with Gasteiger partial charge in [0.25, 0.3) is 0 Å². The van der Waals surface area contributed by atoms with Crippen molar-refractivity contribution in [3.05, 3.63) is 60.2 Å². The molecule has 4 nitrogen and oxygen atoms in total. The molecule has 0 atom stereocenters. The number of hydrogen-bond acceptors (Lipinski definition) is 3. The number of ketones is 1. The molecule has 1 amide bonds. The molecule has 0 aliphatic rings. The van der Waals surface area contributed by atoms with Gasteiger partial charge in [-0.3, -0.25) is 9.59 Å². The Labute approximate surface area is 117 Å². The molecule has 0 aromatic heterocycles. The van der Waals surface area contributed by atoms with Crippen LogP contribution < -0.4 is 10.6 Å². The zero-order valence-electron chi connectivity index (χ0n) is 11.2. The van der Waals surface area contributed by atoms with Crippen LogP contribution in [0.25, 0.3) is 0 Å². The highest BCUT2D eigenvalue weighted by atomic mass is 16.1. The number of hydrogen-bond donors (Lipinski definition) is 2. The lowest BCUT2D eigenvalue weighted by Gasteiger charge is -2.06. The van der Waals surface area contributed by atoms with Gasteiger partial charge in [0, 0.05) is 23.9 Å². The van der Waals surface area contributed by atoms with Gasteiger partial charge in [-0.1, -0.05) is 18.2 Å². The Balaban J connectivity index is 1.94. The third-order valence-corrected chi connectivity index (χ3v) is 2.75.